The van der Waals surface area contributed by atoms with Gasteiger partial charge in [-0.05, 0) is 42.2 Å². The molecule has 0 aliphatic carbocycles. The van der Waals surface area contributed by atoms with Gasteiger partial charge in [0.05, 0.1) is 30.9 Å². The van der Waals surface area contributed by atoms with Gasteiger partial charge in [-0.25, -0.2) is 0 Å². The average Bonchev–Trinajstić information content (AvgIpc) is 3.19. The van der Waals surface area contributed by atoms with Gasteiger partial charge in [0, 0.05) is 30.3 Å². The Morgan fingerprint density at radius 3 is 2.67 bits per heavy atom. The van der Waals surface area contributed by atoms with Crippen LogP contribution in [-0.2, 0) is 12.0 Å². The Balaban J connectivity index is 0.00000420. The number of amides is 1. The number of nitrogens with one attached hydrogen (secondary N) is 2. The summed E-state index contributed by atoms with van der Waals surface area (Å²) < 4.78 is 11.7. The number of hydrogen-bond donors (Lipinski definition) is 2. The van der Waals surface area contributed by atoms with Crippen molar-refractivity contribution in [2.75, 3.05) is 38.3 Å². The van der Waals surface area contributed by atoms with Gasteiger partial charge in [0.25, 0.3) is 5.91 Å². The van der Waals surface area contributed by atoms with Gasteiger partial charge >= 0.3 is 0 Å². The number of nitriles is 1. The Morgan fingerprint density at radius 2 is 2.03 bits per heavy atom. The van der Waals surface area contributed by atoms with Crippen LogP contribution in [-0.4, -0.2) is 62.1 Å². The maximum Gasteiger partial charge on any atom is 0.254 e. The lowest BCUT2D eigenvalue weighted by atomic mass is 9.84. The van der Waals surface area contributed by atoms with E-state index in [9.17, 15) is 9.59 Å². The molecule has 2 N–H and O–H groups in total. The van der Waals surface area contributed by atoms with Crippen molar-refractivity contribution in [2.24, 2.45) is 4.99 Å². The molecule has 0 bridgehead atoms. The van der Waals surface area contributed by atoms with E-state index in [1.165, 1.54) is 6.34 Å². The van der Waals surface area contributed by atoms with Gasteiger partial charge in [-0.3, -0.25) is 15.0 Å². The SMILES string of the molecule is Br.CCOc1cc2c(cc1C(=O)NC)C(=N)N(CC(=O)c1cc3c(c(C(C)(C)C)c1)OCCN3C=NC#N)C2. The number of carbonyl (C=O) groups is 2. The molecule has 4 rings (SSSR count). The summed E-state index contributed by atoms with van der Waals surface area (Å²) in [4.78, 5) is 33.2. The van der Waals surface area contributed by atoms with E-state index in [4.69, 9.17) is 20.1 Å². The highest BCUT2D eigenvalue weighted by atomic mass is 79.9. The summed E-state index contributed by atoms with van der Waals surface area (Å²) in [5.74, 6) is 0.859. The molecular formula is C28H33BrN6O4. The molecule has 2 aliphatic rings. The fourth-order valence-corrected chi connectivity index (χ4v) is 4.69. The van der Waals surface area contributed by atoms with E-state index in [2.05, 4.69) is 31.1 Å². The lowest BCUT2D eigenvalue weighted by molar-refractivity contribution is 0.0953. The smallest absolute Gasteiger partial charge is 0.254 e. The van der Waals surface area contributed by atoms with Crippen LogP contribution >= 0.6 is 17.0 Å². The molecule has 2 aromatic rings. The predicted octanol–water partition coefficient (Wildman–Crippen LogP) is 4.05. The maximum absolute atomic E-state index is 13.6. The first-order valence-electron chi connectivity index (χ1n) is 12.5. The number of amidine groups is 1. The van der Waals surface area contributed by atoms with Crippen LogP contribution in [0.3, 0.4) is 0 Å². The monoisotopic (exact) mass is 596 g/mol. The summed E-state index contributed by atoms with van der Waals surface area (Å²) in [6.45, 7) is 9.68. The molecule has 1 amide bonds. The number of halogens is 1. The lowest BCUT2D eigenvalue weighted by Crippen LogP contribution is -2.34. The van der Waals surface area contributed by atoms with E-state index in [1.807, 2.05) is 17.9 Å². The van der Waals surface area contributed by atoms with Crippen LogP contribution in [0.5, 0.6) is 11.5 Å². The van der Waals surface area contributed by atoms with E-state index in [1.54, 1.807) is 36.3 Å². The lowest BCUT2D eigenvalue weighted by Gasteiger charge is -2.33. The van der Waals surface area contributed by atoms with E-state index in [-0.39, 0.29) is 46.5 Å². The summed E-state index contributed by atoms with van der Waals surface area (Å²) in [5.41, 5.74) is 3.53. The Labute approximate surface area is 238 Å². The molecule has 11 heteroatoms. The number of ketones is 1. The van der Waals surface area contributed by atoms with E-state index in [0.717, 1.165) is 11.1 Å². The molecule has 10 nitrogen and oxygen atoms in total. The molecule has 206 valence electrons. The summed E-state index contributed by atoms with van der Waals surface area (Å²) in [6, 6.07) is 7.06. The number of fused-ring (bicyclic) bond motifs is 2. The standard InChI is InChI=1S/C28H32N6O4.BrH/c1-6-37-24-11-18-13-34(26(30)19(18)12-20(24)27(36)31-5)14-23(35)17-9-21(28(2,3)4)25-22(10-17)33(7-8-38-25)16-32-15-29;/h9-12,16,30H,6-8,13-14H2,1-5H3,(H,31,36);1H. The minimum Gasteiger partial charge on any atom is -0.493 e. The van der Waals surface area contributed by atoms with Crippen LogP contribution in [0.4, 0.5) is 5.69 Å². The summed E-state index contributed by atoms with van der Waals surface area (Å²) in [5, 5.41) is 20.3. The molecule has 0 atom stereocenters. The van der Waals surface area contributed by atoms with Crippen molar-refractivity contribution in [1.82, 2.24) is 10.2 Å². The zero-order valence-corrected chi connectivity index (χ0v) is 24.5. The quantitative estimate of drug-likeness (QED) is 0.213. The van der Waals surface area contributed by atoms with Crippen molar-refractivity contribution in [2.45, 2.75) is 39.7 Å². The summed E-state index contributed by atoms with van der Waals surface area (Å²) in [7, 11) is 1.55. The second kappa shape index (κ2) is 11.9. The Morgan fingerprint density at radius 1 is 1.28 bits per heavy atom. The minimum atomic E-state index is -0.307. The first-order valence-corrected chi connectivity index (χ1v) is 12.5. The number of carbonyl (C=O) groups excluding carboxylic acids is 2. The molecule has 0 aromatic heterocycles. The van der Waals surface area contributed by atoms with Crippen LogP contribution < -0.4 is 19.7 Å². The molecule has 39 heavy (non-hydrogen) atoms. The highest BCUT2D eigenvalue weighted by Crippen LogP contribution is 2.42. The van der Waals surface area contributed by atoms with E-state index in [0.29, 0.717) is 60.2 Å². The highest BCUT2D eigenvalue weighted by molar-refractivity contribution is 8.93. The average molecular weight is 598 g/mol. The molecular weight excluding hydrogens is 564 g/mol. The normalized spacial score (nSPS) is 14.2. The fraction of sp³-hybridized carbons (Fsp3) is 0.393. The number of rotatable bonds is 7. The molecule has 2 aromatic carbocycles. The molecule has 0 saturated heterocycles. The van der Waals surface area contributed by atoms with E-state index >= 15 is 0 Å². The number of benzene rings is 2. The number of hydrogen-bond acceptors (Lipinski definition) is 7. The molecule has 0 spiro atoms. The van der Waals surface area contributed by atoms with Crippen LogP contribution in [0, 0.1) is 16.9 Å². The van der Waals surface area contributed by atoms with Crippen LogP contribution in [0.1, 0.15) is 65.1 Å². The fourth-order valence-electron chi connectivity index (χ4n) is 4.69. The zero-order valence-electron chi connectivity index (χ0n) is 22.8. The van der Waals surface area contributed by atoms with Crippen molar-refractivity contribution in [1.29, 1.82) is 10.7 Å². The van der Waals surface area contributed by atoms with Crippen molar-refractivity contribution < 1.29 is 19.1 Å². The second-order valence-electron chi connectivity index (χ2n) is 10.2. The molecule has 0 saturated carbocycles. The van der Waals surface area contributed by atoms with Crippen molar-refractivity contribution in [3.8, 4) is 17.7 Å². The number of aliphatic imine (C=N–C) groups is 1. The van der Waals surface area contributed by atoms with Crippen molar-refractivity contribution in [3.05, 3.63) is 52.1 Å². The Hall–Kier alpha value is -3.91. The number of anilines is 1. The number of Topliss-reactive ketones (excluding diaryl/α,β-unsaturated/α-hetero) is 1. The minimum absolute atomic E-state index is 0. The summed E-state index contributed by atoms with van der Waals surface area (Å²) in [6.07, 6.45) is 3.23. The van der Waals surface area contributed by atoms with Gasteiger partial charge in [-0.2, -0.15) is 10.3 Å². The zero-order chi connectivity index (χ0) is 27.6. The third-order valence-electron chi connectivity index (χ3n) is 6.59. The van der Waals surface area contributed by atoms with Crippen LogP contribution in [0.2, 0.25) is 0 Å². The van der Waals surface area contributed by atoms with Crippen LogP contribution in [0.15, 0.2) is 29.3 Å². The molecule has 0 unspecified atom stereocenters. The van der Waals surface area contributed by atoms with Gasteiger partial charge in [0.1, 0.15) is 30.3 Å². The summed E-state index contributed by atoms with van der Waals surface area (Å²) >= 11 is 0. The highest BCUT2D eigenvalue weighted by Gasteiger charge is 2.32. The van der Waals surface area contributed by atoms with Gasteiger partial charge in [0.15, 0.2) is 5.78 Å². The molecule has 0 radical (unpaired) electrons. The first kappa shape index (κ1) is 29.6. The maximum atomic E-state index is 13.6. The third kappa shape index (κ3) is 5.91. The molecule has 0 fully saturated rings. The van der Waals surface area contributed by atoms with E-state index < -0.39 is 0 Å². The first-order chi connectivity index (χ1) is 18.1. The van der Waals surface area contributed by atoms with Gasteiger partial charge in [0.2, 0.25) is 6.19 Å². The largest absolute Gasteiger partial charge is 0.493 e. The predicted molar refractivity (Wildman–Crippen MR) is 155 cm³/mol. The topological polar surface area (TPSA) is 131 Å². The van der Waals surface area contributed by atoms with Crippen molar-refractivity contribution >= 4 is 46.5 Å². The number of nitrogens with zero attached hydrogens (tertiary/aromatic N) is 4. The Kier molecular flexibility index (Phi) is 9.02. The number of ether oxygens (including phenoxy) is 2. The molecule has 2 aliphatic heterocycles. The third-order valence-corrected chi connectivity index (χ3v) is 6.59. The van der Waals surface area contributed by atoms with Gasteiger partial charge in [-0.1, -0.05) is 20.8 Å². The van der Waals surface area contributed by atoms with Gasteiger partial charge < -0.3 is 24.6 Å². The van der Waals surface area contributed by atoms with Gasteiger partial charge in [-0.15, -0.1) is 17.0 Å². The van der Waals surface area contributed by atoms with Crippen LogP contribution in [0.25, 0.3) is 0 Å². The molecule has 2 heterocycles. The Bertz CT molecular complexity index is 1380. The van der Waals surface area contributed by atoms with Crippen molar-refractivity contribution in [3.63, 3.8) is 0 Å². The second-order valence-corrected chi connectivity index (χ2v) is 10.2.